The Labute approximate surface area is 117 Å². The van der Waals surface area contributed by atoms with Crippen LogP contribution in [-0.2, 0) is 0 Å². The minimum absolute atomic E-state index is 0.0863. The van der Waals surface area contributed by atoms with Crippen molar-refractivity contribution < 1.29 is 14.1 Å². The SMILES string of the molecule is O=C(N/N=C/C=C/c1ccco1)c1ccc([N+](=O)[O-])s1. The maximum absolute atomic E-state index is 11.6. The van der Waals surface area contributed by atoms with E-state index in [0.29, 0.717) is 5.76 Å². The summed E-state index contributed by atoms with van der Waals surface area (Å²) in [6.07, 6.45) is 6.19. The molecule has 8 heteroatoms. The van der Waals surface area contributed by atoms with Crippen LogP contribution in [0.25, 0.3) is 6.08 Å². The predicted molar refractivity (Wildman–Crippen MR) is 74.7 cm³/mol. The van der Waals surface area contributed by atoms with Gasteiger partial charge in [0.2, 0.25) is 0 Å². The third-order valence-electron chi connectivity index (χ3n) is 2.13. The minimum atomic E-state index is -0.545. The molecule has 1 N–H and O–H groups in total. The number of rotatable bonds is 5. The quantitative estimate of drug-likeness (QED) is 0.520. The fourth-order valence-corrected chi connectivity index (χ4v) is 1.98. The Morgan fingerprint density at radius 1 is 1.45 bits per heavy atom. The number of nitro groups is 1. The molecule has 2 rings (SSSR count). The highest BCUT2D eigenvalue weighted by atomic mass is 32.1. The summed E-state index contributed by atoms with van der Waals surface area (Å²) >= 11 is 0.793. The summed E-state index contributed by atoms with van der Waals surface area (Å²) in [7, 11) is 0. The van der Waals surface area contributed by atoms with Crippen molar-refractivity contribution in [1.82, 2.24) is 5.43 Å². The lowest BCUT2D eigenvalue weighted by Crippen LogP contribution is -2.15. The molecule has 0 aromatic carbocycles. The first kappa shape index (κ1) is 13.7. The molecule has 0 aliphatic carbocycles. The van der Waals surface area contributed by atoms with Gasteiger partial charge >= 0.3 is 5.00 Å². The van der Waals surface area contributed by atoms with Crippen LogP contribution in [0.4, 0.5) is 5.00 Å². The van der Waals surface area contributed by atoms with E-state index in [1.54, 1.807) is 30.5 Å². The molecule has 0 aliphatic rings. The molecule has 1 amide bonds. The molecule has 0 unspecified atom stereocenters. The predicted octanol–water partition coefficient (Wildman–Crippen LogP) is 2.68. The fourth-order valence-electron chi connectivity index (χ4n) is 1.27. The van der Waals surface area contributed by atoms with Crippen LogP contribution in [0.2, 0.25) is 0 Å². The summed E-state index contributed by atoms with van der Waals surface area (Å²) in [5, 5.41) is 14.1. The van der Waals surface area contributed by atoms with Crippen LogP contribution in [0.3, 0.4) is 0 Å². The number of carbonyl (C=O) groups excluding carboxylic acids is 1. The van der Waals surface area contributed by atoms with Gasteiger partial charge in [-0.1, -0.05) is 11.3 Å². The van der Waals surface area contributed by atoms with Gasteiger partial charge in [-0.05, 0) is 30.4 Å². The number of nitrogens with one attached hydrogen (secondary N) is 1. The summed E-state index contributed by atoms with van der Waals surface area (Å²) in [5.74, 6) is 0.169. The summed E-state index contributed by atoms with van der Waals surface area (Å²) in [5.41, 5.74) is 2.27. The van der Waals surface area contributed by atoms with Gasteiger partial charge in [0.05, 0.1) is 11.2 Å². The van der Waals surface area contributed by atoms with Crippen LogP contribution in [0.5, 0.6) is 0 Å². The molecule has 0 spiro atoms. The Hall–Kier alpha value is -2.74. The molecule has 0 saturated carbocycles. The van der Waals surface area contributed by atoms with Crippen molar-refractivity contribution in [2.45, 2.75) is 0 Å². The van der Waals surface area contributed by atoms with Crippen molar-refractivity contribution in [1.29, 1.82) is 0 Å². The van der Waals surface area contributed by atoms with Crippen LogP contribution in [-0.4, -0.2) is 17.0 Å². The van der Waals surface area contributed by atoms with Crippen LogP contribution < -0.4 is 5.43 Å². The van der Waals surface area contributed by atoms with E-state index in [2.05, 4.69) is 10.5 Å². The van der Waals surface area contributed by atoms with Crippen LogP contribution in [0, 0.1) is 10.1 Å². The lowest BCUT2D eigenvalue weighted by atomic mass is 10.4. The second-order valence-electron chi connectivity index (χ2n) is 3.49. The molecule has 2 aromatic rings. The Morgan fingerprint density at radius 3 is 2.95 bits per heavy atom. The maximum atomic E-state index is 11.6. The van der Waals surface area contributed by atoms with Crippen LogP contribution >= 0.6 is 11.3 Å². The van der Waals surface area contributed by atoms with Crippen molar-refractivity contribution in [3.8, 4) is 0 Å². The third kappa shape index (κ3) is 3.62. The van der Waals surface area contributed by atoms with Gasteiger partial charge in [-0.25, -0.2) is 5.43 Å². The second kappa shape index (κ2) is 6.43. The Bertz CT molecular complexity index is 658. The molecule has 20 heavy (non-hydrogen) atoms. The molecule has 0 bridgehead atoms. The molecule has 0 atom stereocenters. The van der Waals surface area contributed by atoms with Gasteiger partial charge in [0.25, 0.3) is 5.91 Å². The third-order valence-corrected chi connectivity index (χ3v) is 3.16. The van der Waals surface area contributed by atoms with Crippen molar-refractivity contribution in [2.75, 3.05) is 0 Å². The van der Waals surface area contributed by atoms with Crippen LogP contribution in [0.1, 0.15) is 15.4 Å². The van der Waals surface area contributed by atoms with Gasteiger partial charge in [-0.15, -0.1) is 0 Å². The van der Waals surface area contributed by atoms with Gasteiger partial charge in [-0.3, -0.25) is 14.9 Å². The molecular weight excluding hydrogens is 282 g/mol. The molecule has 0 aliphatic heterocycles. The zero-order chi connectivity index (χ0) is 14.4. The average molecular weight is 291 g/mol. The lowest BCUT2D eigenvalue weighted by Gasteiger charge is -1.93. The van der Waals surface area contributed by atoms with Gasteiger partial charge in [-0.2, -0.15) is 5.10 Å². The van der Waals surface area contributed by atoms with E-state index in [4.69, 9.17) is 4.42 Å². The first-order valence-corrected chi connectivity index (χ1v) is 6.26. The van der Waals surface area contributed by atoms with E-state index >= 15 is 0 Å². The van der Waals surface area contributed by atoms with Crippen molar-refractivity contribution in [3.05, 3.63) is 57.4 Å². The first-order valence-electron chi connectivity index (χ1n) is 5.44. The Morgan fingerprint density at radius 2 is 2.30 bits per heavy atom. The number of carbonyl (C=O) groups is 1. The maximum Gasteiger partial charge on any atom is 0.324 e. The topological polar surface area (TPSA) is 97.7 Å². The molecule has 2 aromatic heterocycles. The monoisotopic (exact) mass is 291 g/mol. The average Bonchev–Trinajstić information content (AvgIpc) is 3.09. The number of hydrogen-bond donors (Lipinski definition) is 1. The number of allylic oxidation sites excluding steroid dienone is 1. The molecular formula is C12H9N3O4S. The zero-order valence-corrected chi connectivity index (χ0v) is 10.9. The van der Waals surface area contributed by atoms with Gasteiger partial charge in [0.15, 0.2) is 0 Å². The van der Waals surface area contributed by atoms with E-state index < -0.39 is 10.8 Å². The van der Waals surface area contributed by atoms with E-state index in [-0.39, 0.29) is 9.88 Å². The van der Waals surface area contributed by atoms with E-state index in [9.17, 15) is 14.9 Å². The van der Waals surface area contributed by atoms with E-state index in [0.717, 1.165) is 11.3 Å². The highest BCUT2D eigenvalue weighted by molar-refractivity contribution is 7.17. The van der Waals surface area contributed by atoms with Crippen molar-refractivity contribution >= 4 is 34.5 Å². The Balaban J connectivity index is 1.86. The van der Waals surface area contributed by atoms with Gasteiger partial charge < -0.3 is 4.42 Å². The number of hydrogen-bond acceptors (Lipinski definition) is 6. The second-order valence-corrected chi connectivity index (χ2v) is 4.55. The van der Waals surface area contributed by atoms with E-state index in [1.807, 2.05) is 0 Å². The molecule has 0 radical (unpaired) electrons. The van der Waals surface area contributed by atoms with Crippen LogP contribution in [0.15, 0.2) is 46.1 Å². The van der Waals surface area contributed by atoms with Gasteiger partial charge in [0, 0.05) is 12.3 Å². The molecule has 7 nitrogen and oxygen atoms in total. The van der Waals surface area contributed by atoms with Crippen molar-refractivity contribution in [3.63, 3.8) is 0 Å². The number of amides is 1. The normalized spacial score (nSPS) is 11.2. The summed E-state index contributed by atoms with van der Waals surface area (Å²) in [6, 6.07) is 6.18. The molecule has 2 heterocycles. The first-order chi connectivity index (χ1) is 9.66. The fraction of sp³-hybridized carbons (Fsp3) is 0. The minimum Gasteiger partial charge on any atom is -0.465 e. The molecule has 0 fully saturated rings. The number of nitrogens with zero attached hydrogens (tertiary/aromatic N) is 2. The smallest absolute Gasteiger partial charge is 0.324 e. The molecule has 0 saturated heterocycles. The van der Waals surface area contributed by atoms with E-state index in [1.165, 1.54) is 18.3 Å². The van der Waals surface area contributed by atoms with Crippen molar-refractivity contribution in [2.24, 2.45) is 5.10 Å². The summed E-state index contributed by atoms with van der Waals surface area (Å²) in [6.45, 7) is 0. The largest absolute Gasteiger partial charge is 0.465 e. The highest BCUT2D eigenvalue weighted by Crippen LogP contribution is 2.23. The Kier molecular flexibility index (Phi) is 4.40. The summed E-state index contributed by atoms with van der Waals surface area (Å²) in [4.78, 5) is 21.8. The van der Waals surface area contributed by atoms with Gasteiger partial charge in [0.1, 0.15) is 10.6 Å². The summed E-state index contributed by atoms with van der Waals surface area (Å²) < 4.78 is 5.06. The number of thiophene rings is 1. The highest BCUT2D eigenvalue weighted by Gasteiger charge is 2.14. The standard InChI is InChI=1S/C12H9N3O4S/c16-12(10-5-6-11(20-10)15(17)18)14-13-7-1-3-9-4-2-8-19-9/h1-8H,(H,14,16)/b3-1+,13-7+. The lowest BCUT2D eigenvalue weighted by molar-refractivity contribution is -0.380. The number of hydrazone groups is 1. The molecule has 102 valence electrons. The zero-order valence-electron chi connectivity index (χ0n) is 10.1. The number of furan rings is 1.